The van der Waals surface area contributed by atoms with E-state index in [1.807, 2.05) is 0 Å². The minimum Gasteiger partial charge on any atom is -0.282 e. The summed E-state index contributed by atoms with van der Waals surface area (Å²) in [6, 6.07) is 1.85. The Balaban J connectivity index is 3.80. The summed E-state index contributed by atoms with van der Waals surface area (Å²) in [7, 11) is -9.35. The zero-order valence-electron chi connectivity index (χ0n) is 8.61. The SMILES string of the molecule is Cc1c(S(=O)(=O)O)ccc(C[O])c1S(=O)(=O)O. The van der Waals surface area contributed by atoms with Crippen LogP contribution in [0.25, 0.3) is 0 Å². The average Bonchev–Trinajstić information content (AvgIpc) is 2.12. The molecule has 0 heterocycles. The van der Waals surface area contributed by atoms with Crippen molar-refractivity contribution in [1.82, 2.24) is 0 Å². The summed E-state index contributed by atoms with van der Waals surface area (Å²) in [4.78, 5) is -1.44. The molecule has 1 radical (unpaired) electrons. The highest BCUT2D eigenvalue weighted by molar-refractivity contribution is 7.86. The quantitative estimate of drug-likeness (QED) is 0.772. The van der Waals surface area contributed by atoms with E-state index in [-0.39, 0.29) is 11.1 Å². The van der Waals surface area contributed by atoms with Crippen molar-refractivity contribution >= 4 is 20.2 Å². The lowest BCUT2D eigenvalue weighted by Crippen LogP contribution is -2.10. The van der Waals surface area contributed by atoms with E-state index in [0.717, 1.165) is 19.1 Å². The maximum Gasteiger partial charge on any atom is 0.295 e. The molecule has 0 atom stereocenters. The first-order valence-electron chi connectivity index (χ1n) is 4.24. The molecule has 0 aliphatic rings. The lowest BCUT2D eigenvalue weighted by Gasteiger charge is -2.10. The zero-order chi connectivity index (χ0) is 13.4. The highest BCUT2D eigenvalue weighted by Crippen LogP contribution is 2.26. The van der Waals surface area contributed by atoms with E-state index in [1.54, 1.807) is 0 Å². The molecule has 0 aliphatic carbocycles. The fourth-order valence-corrected chi connectivity index (χ4v) is 3.23. The van der Waals surface area contributed by atoms with Crippen LogP contribution in [-0.2, 0) is 31.9 Å². The molecule has 7 nitrogen and oxygen atoms in total. The maximum atomic E-state index is 11.1. The van der Waals surface area contributed by atoms with Crippen LogP contribution in [0.15, 0.2) is 21.9 Å². The summed E-state index contributed by atoms with van der Waals surface area (Å²) >= 11 is 0. The molecule has 1 aromatic carbocycles. The second kappa shape index (κ2) is 4.35. The lowest BCUT2D eigenvalue weighted by atomic mass is 10.1. The van der Waals surface area contributed by atoms with Crippen molar-refractivity contribution in [3.8, 4) is 0 Å². The lowest BCUT2D eigenvalue weighted by molar-refractivity contribution is 0.174. The molecule has 95 valence electrons. The molecule has 0 saturated carbocycles. The summed E-state index contributed by atoms with van der Waals surface area (Å²) in [6.45, 7) is 0.132. The Morgan fingerprint density at radius 2 is 1.59 bits per heavy atom. The standard InChI is InChI=1S/C8H9O7S2/c1-5-7(16(10,11)12)3-2-6(4-9)8(5)17(13,14)15/h2-3H,4H2,1H3,(H,10,11,12)(H,13,14,15). The van der Waals surface area contributed by atoms with E-state index in [1.165, 1.54) is 0 Å². The summed E-state index contributed by atoms with van der Waals surface area (Å²) in [6.07, 6.45) is 0. The first-order valence-corrected chi connectivity index (χ1v) is 7.12. The third kappa shape index (κ3) is 2.82. The molecule has 1 aromatic rings. The molecule has 17 heavy (non-hydrogen) atoms. The molecular weight excluding hydrogens is 272 g/mol. The van der Waals surface area contributed by atoms with Crippen molar-refractivity contribution in [1.29, 1.82) is 0 Å². The Kier molecular flexibility index (Phi) is 3.60. The fraction of sp³-hybridized carbons (Fsp3) is 0.250. The molecule has 0 fully saturated rings. The molecule has 0 bridgehead atoms. The summed E-state index contributed by atoms with van der Waals surface area (Å²) in [5.74, 6) is 0. The van der Waals surface area contributed by atoms with Gasteiger partial charge in [0.05, 0.1) is 4.90 Å². The predicted molar refractivity (Wildman–Crippen MR) is 55.2 cm³/mol. The van der Waals surface area contributed by atoms with Gasteiger partial charge in [-0.3, -0.25) is 9.11 Å². The van der Waals surface area contributed by atoms with Crippen LogP contribution in [-0.4, -0.2) is 25.9 Å². The Bertz CT molecular complexity index is 643. The van der Waals surface area contributed by atoms with Crippen molar-refractivity contribution in [2.45, 2.75) is 23.3 Å². The van der Waals surface area contributed by atoms with Crippen LogP contribution < -0.4 is 0 Å². The minimum atomic E-state index is -4.73. The van der Waals surface area contributed by atoms with Crippen molar-refractivity contribution in [2.24, 2.45) is 0 Å². The van der Waals surface area contributed by atoms with E-state index in [0.29, 0.717) is 0 Å². The van der Waals surface area contributed by atoms with E-state index in [4.69, 9.17) is 9.11 Å². The Labute approximate surface area is 98.2 Å². The molecule has 0 aliphatic heterocycles. The molecule has 2 N–H and O–H groups in total. The van der Waals surface area contributed by atoms with Crippen LogP contribution >= 0.6 is 0 Å². The monoisotopic (exact) mass is 281 g/mol. The van der Waals surface area contributed by atoms with Gasteiger partial charge in [0.25, 0.3) is 20.2 Å². The normalized spacial score (nSPS) is 12.7. The minimum absolute atomic E-state index is 0.266. The summed E-state index contributed by atoms with van der Waals surface area (Å²) in [5.41, 5.74) is -0.652. The van der Waals surface area contributed by atoms with Gasteiger partial charge in [-0.2, -0.15) is 16.8 Å². The van der Waals surface area contributed by atoms with Gasteiger partial charge in [0.15, 0.2) is 0 Å². The van der Waals surface area contributed by atoms with E-state index in [2.05, 4.69) is 0 Å². The summed E-state index contributed by atoms with van der Waals surface area (Å²) in [5, 5.41) is 10.7. The van der Waals surface area contributed by atoms with E-state index in [9.17, 15) is 21.9 Å². The molecule has 9 heteroatoms. The van der Waals surface area contributed by atoms with Gasteiger partial charge in [0, 0.05) is 5.56 Å². The van der Waals surface area contributed by atoms with Crippen LogP contribution in [0.3, 0.4) is 0 Å². The van der Waals surface area contributed by atoms with Crippen molar-refractivity contribution in [3.63, 3.8) is 0 Å². The molecule has 1 rings (SSSR count). The van der Waals surface area contributed by atoms with E-state index < -0.39 is 36.6 Å². The van der Waals surface area contributed by atoms with Crippen LogP contribution in [0.1, 0.15) is 11.1 Å². The van der Waals surface area contributed by atoms with Gasteiger partial charge in [-0.15, -0.1) is 0 Å². The highest BCUT2D eigenvalue weighted by Gasteiger charge is 2.24. The van der Waals surface area contributed by atoms with Gasteiger partial charge in [0.1, 0.15) is 11.5 Å². The molecule has 0 saturated heterocycles. The number of rotatable bonds is 3. The third-order valence-corrected chi connectivity index (χ3v) is 4.21. The van der Waals surface area contributed by atoms with Gasteiger partial charge >= 0.3 is 0 Å². The van der Waals surface area contributed by atoms with Crippen molar-refractivity contribution in [3.05, 3.63) is 23.3 Å². The molecule has 0 aromatic heterocycles. The van der Waals surface area contributed by atoms with Crippen LogP contribution in [0.5, 0.6) is 0 Å². The second-order valence-electron chi connectivity index (χ2n) is 3.27. The van der Waals surface area contributed by atoms with Crippen LogP contribution in [0.2, 0.25) is 0 Å². The molecular formula is C8H9O7S2. The van der Waals surface area contributed by atoms with E-state index >= 15 is 0 Å². The van der Waals surface area contributed by atoms with Crippen LogP contribution in [0, 0.1) is 6.92 Å². The predicted octanol–water partition coefficient (Wildman–Crippen LogP) is 0.419. The smallest absolute Gasteiger partial charge is 0.282 e. The van der Waals surface area contributed by atoms with Crippen LogP contribution in [0.4, 0.5) is 0 Å². The van der Waals surface area contributed by atoms with Gasteiger partial charge in [-0.05, 0) is 18.6 Å². The third-order valence-electron chi connectivity index (χ3n) is 2.13. The Hall–Kier alpha value is -1.00. The highest BCUT2D eigenvalue weighted by atomic mass is 32.2. The average molecular weight is 281 g/mol. The second-order valence-corrected chi connectivity index (χ2v) is 6.02. The molecule has 0 spiro atoms. The molecule has 0 amide bonds. The summed E-state index contributed by atoms with van der Waals surface area (Å²) < 4.78 is 61.7. The Morgan fingerprint density at radius 3 is 1.94 bits per heavy atom. The van der Waals surface area contributed by atoms with Crippen molar-refractivity contribution in [2.75, 3.05) is 0 Å². The molecule has 0 unspecified atom stereocenters. The van der Waals surface area contributed by atoms with Gasteiger partial charge in [-0.25, -0.2) is 5.11 Å². The fourth-order valence-electron chi connectivity index (χ4n) is 1.48. The van der Waals surface area contributed by atoms with Gasteiger partial charge in [-0.1, -0.05) is 6.07 Å². The topological polar surface area (TPSA) is 129 Å². The number of hydrogen-bond donors (Lipinski definition) is 2. The Morgan fingerprint density at radius 1 is 1.06 bits per heavy atom. The largest absolute Gasteiger partial charge is 0.295 e. The first kappa shape index (κ1) is 14.1. The number of hydrogen-bond acceptors (Lipinski definition) is 4. The van der Waals surface area contributed by atoms with Gasteiger partial charge in [0.2, 0.25) is 0 Å². The first-order chi connectivity index (χ1) is 7.59. The van der Waals surface area contributed by atoms with Gasteiger partial charge < -0.3 is 0 Å². The zero-order valence-corrected chi connectivity index (χ0v) is 10.2. The maximum absolute atomic E-state index is 11.1. The number of benzene rings is 1. The van der Waals surface area contributed by atoms with Crippen molar-refractivity contribution < 1.29 is 31.0 Å².